The summed E-state index contributed by atoms with van der Waals surface area (Å²) in [6.45, 7) is 1.79. The number of halogens is 5. The minimum absolute atomic E-state index is 0.0387. The summed E-state index contributed by atoms with van der Waals surface area (Å²) >= 11 is 5.87. The highest BCUT2D eigenvalue weighted by Gasteiger charge is 2.23. The fourth-order valence-electron chi connectivity index (χ4n) is 2.00. The average Bonchev–Trinajstić information content (AvgIpc) is 2.36. The summed E-state index contributed by atoms with van der Waals surface area (Å²) < 4.78 is 53.7. The lowest BCUT2D eigenvalue weighted by Gasteiger charge is -2.24. The Balaban J connectivity index is 2.57. The minimum Gasteiger partial charge on any atom is -0.207 e. The van der Waals surface area contributed by atoms with Crippen LogP contribution in [0.1, 0.15) is 6.92 Å². The molecule has 2 atom stereocenters. The molecule has 2 aromatic rings. The smallest absolute Gasteiger partial charge is 0.126 e. The number of hydrogen-bond acceptors (Lipinski definition) is 0. The van der Waals surface area contributed by atoms with Gasteiger partial charge in [-0.05, 0) is 50.7 Å². The van der Waals surface area contributed by atoms with Gasteiger partial charge < -0.3 is 0 Å². The van der Waals surface area contributed by atoms with Crippen LogP contribution >= 0.6 is 27.1 Å². The van der Waals surface area contributed by atoms with Crippen molar-refractivity contribution in [2.45, 2.75) is 12.3 Å². The van der Waals surface area contributed by atoms with Gasteiger partial charge in [-0.25, -0.2) is 17.6 Å². The van der Waals surface area contributed by atoms with Crippen molar-refractivity contribution < 1.29 is 17.6 Å². The van der Waals surface area contributed by atoms with Gasteiger partial charge in [0.05, 0.1) is 0 Å². The Morgan fingerprint density at radius 3 is 1.43 bits per heavy atom. The summed E-state index contributed by atoms with van der Waals surface area (Å²) in [7, 11) is -1.40. The molecule has 0 aliphatic carbocycles. The van der Waals surface area contributed by atoms with Crippen LogP contribution in [0.2, 0.25) is 0 Å². The predicted octanol–water partition coefficient (Wildman–Crippen LogP) is 4.85. The first-order valence-electron chi connectivity index (χ1n) is 5.98. The third kappa shape index (κ3) is 4.16. The third-order valence-electron chi connectivity index (χ3n) is 2.80. The second-order valence-electron chi connectivity index (χ2n) is 4.41. The first-order chi connectivity index (χ1) is 9.90. The molecule has 0 heterocycles. The van der Waals surface area contributed by atoms with Crippen molar-refractivity contribution in [2.24, 2.45) is 0 Å². The summed E-state index contributed by atoms with van der Waals surface area (Å²) in [6, 6.07) is 6.26. The molecular weight excluding hydrogens is 342 g/mol. The Morgan fingerprint density at radius 1 is 0.810 bits per heavy atom. The van der Waals surface area contributed by atoms with Gasteiger partial charge in [-0.3, -0.25) is 0 Å². The van der Waals surface area contributed by atoms with Crippen molar-refractivity contribution in [3.63, 3.8) is 0 Å². The van der Waals surface area contributed by atoms with E-state index < -0.39 is 31.2 Å². The SMILES string of the molecule is CC(PCl)P(c1cc(F)cc(F)c1)c1cc(F)cc(F)c1. The molecule has 0 saturated carbocycles. The zero-order chi connectivity index (χ0) is 15.6. The van der Waals surface area contributed by atoms with Gasteiger partial charge >= 0.3 is 0 Å². The van der Waals surface area contributed by atoms with Crippen LogP contribution in [0, 0.1) is 23.3 Å². The normalized spacial score (nSPS) is 13.3. The maximum absolute atomic E-state index is 13.4. The topological polar surface area (TPSA) is 0 Å². The first kappa shape index (κ1) is 16.7. The third-order valence-corrected chi connectivity index (χ3v) is 8.12. The number of benzene rings is 2. The molecule has 0 radical (unpaired) electrons. The van der Waals surface area contributed by atoms with Crippen molar-refractivity contribution in [3.05, 3.63) is 59.7 Å². The molecular formula is C14H11ClF4P2. The molecule has 0 N–H and O–H groups in total. The van der Waals surface area contributed by atoms with Crippen LogP contribution < -0.4 is 10.6 Å². The summed E-state index contributed by atoms with van der Waals surface area (Å²) in [4.78, 5) is 0. The Labute approximate surface area is 127 Å². The van der Waals surface area contributed by atoms with Gasteiger partial charge in [0.1, 0.15) is 23.3 Å². The van der Waals surface area contributed by atoms with E-state index >= 15 is 0 Å². The van der Waals surface area contributed by atoms with Gasteiger partial charge in [0.25, 0.3) is 0 Å². The van der Waals surface area contributed by atoms with Gasteiger partial charge in [-0.15, -0.1) is 0 Å². The fraction of sp³-hybridized carbons (Fsp3) is 0.143. The number of hydrogen-bond donors (Lipinski definition) is 0. The predicted molar refractivity (Wildman–Crippen MR) is 82.5 cm³/mol. The molecule has 2 unspecified atom stereocenters. The molecule has 7 heteroatoms. The fourth-order valence-corrected chi connectivity index (χ4v) is 6.41. The molecule has 2 rings (SSSR count). The van der Waals surface area contributed by atoms with Crippen molar-refractivity contribution in [3.8, 4) is 0 Å². The van der Waals surface area contributed by atoms with Crippen LogP contribution in [0.25, 0.3) is 0 Å². The van der Waals surface area contributed by atoms with Crippen molar-refractivity contribution in [1.29, 1.82) is 0 Å². The van der Waals surface area contributed by atoms with Crippen molar-refractivity contribution in [2.75, 3.05) is 0 Å². The quantitative estimate of drug-likeness (QED) is 0.545. The Hall–Kier alpha value is -0.690. The van der Waals surface area contributed by atoms with Gasteiger partial charge in [0, 0.05) is 17.5 Å². The van der Waals surface area contributed by atoms with Crippen LogP contribution in [0.15, 0.2) is 36.4 Å². The highest BCUT2D eigenvalue weighted by Crippen LogP contribution is 2.49. The van der Waals surface area contributed by atoms with E-state index in [9.17, 15) is 17.6 Å². The van der Waals surface area contributed by atoms with E-state index in [1.807, 2.05) is 0 Å². The molecule has 0 bridgehead atoms. The zero-order valence-electron chi connectivity index (χ0n) is 10.9. The van der Waals surface area contributed by atoms with Crippen LogP contribution in [0.5, 0.6) is 0 Å². The van der Waals surface area contributed by atoms with Gasteiger partial charge in [-0.1, -0.05) is 18.2 Å². The highest BCUT2D eigenvalue weighted by molar-refractivity contribution is 7.86. The van der Waals surface area contributed by atoms with E-state index in [4.69, 9.17) is 11.2 Å². The molecule has 0 saturated heterocycles. The maximum atomic E-state index is 13.4. The van der Waals surface area contributed by atoms with Crippen LogP contribution in [-0.2, 0) is 0 Å². The minimum atomic E-state index is -1.36. The second-order valence-corrected chi connectivity index (χ2v) is 9.18. The molecule has 0 amide bonds. The largest absolute Gasteiger partial charge is 0.207 e. The van der Waals surface area contributed by atoms with Crippen LogP contribution in [0.4, 0.5) is 17.6 Å². The Morgan fingerprint density at radius 2 is 1.14 bits per heavy atom. The molecule has 0 spiro atoms. The second kappa shape index (κ2) is 7.05. The van der Waals surface area contributed by atoms with Crippen molar-refractivity contribution in [1.82, 2.24) is 0 Å². The van der Waals surface area contributed by atoms with E-state index in [-0.39, 0.29) is 13.3 Å². The lowest BCUT2D eigenvalue weighted by molar-refractivity contribution is 0.585. The highest BCUT2D eigenvalue weighted by atomic mass is 35.7. The molecule has 0 fully saturated rings. The van der Waals surface area contributed by atoms with E-state index in [2.05, 4.69) is 0 Å². The summed E-state index contributed by atoms with van der Waals surface area (Å²) in [6.07, 6.45) is 0. The standard InChI is InChI=1S/C14H11ClF4P2/c1-8(20-15)21(13-4-9(16)2-10(17)5-13)14-6-11(18)3-12(19)7-14/h2-8,20H,1H3. The molecule has 0 aromatic heterocycles. The molecule has 112 valence electrons. The van der Waals surface area contributed by atoms with E-state index in [0.29, 0.717) is 10.6 Å². The first-order valence-corrected chi connectivity index (χ1v) is 9.48. The van der Waals surface area contributed by atoms with Crippen LogP contribution in [0.3, 0.4) is 0 Å². The molecule has 0 aliphatic rings. The Bertz CT molecular complexity index is 559. The summed E-state index contributed by atoms with van der Waals surface area (Å²) in [5.74, 6) is -2.89. The lowest BCUT2D eigenvalue weighted by Crippen LogP contribution is -2.19. The van der Waals surface area contributed by atoms with E-state index in [0.717, 1.165) is 12.1 Å². The molecule has 2 aromatic carbocycles. The monoisotopic (exact) mass is 352 g/mol. The van der Waals surface area contributed by atoms with Crippen LogP contribution in [-0.4, -0.2) is 5.40 Å². The van der Waals surface area contributed by atoms with Gasteiger partial charge in [0.15, 0.2) is 0 Å². The van der Waals surface area contributed by atoms with Gasteiger partial charge in [0.2, 0.25) is 0 Å². The lowest BCUT2D eigenvalue weighted by atomic mass is 10.3. The van der Waals surface area contributed by atoms with E-state index in [1.54, 1.807) is 6.92 Å². The summed E-state index contributed by atoms with van der Waals surface area (Å²) in [5.41, 5.74) is 0. The molecule has 0 aliphatic heterocycles. The molecule has 0 nitrogen and oxygen atoms in total. The average molecular weight is 353 g/mol. The zero-order valence-corrected chi connectivity index (χ0v) is 13.5. The van der Waals surface area contributed by atoms with Crippen molar-refractivity contribution >= 4 is 37.7 Å². The molecule has 21 heavy (non-hydrogen) atoms. The number of rotatable bonds is 4. The summed E-state index contributed by atoms with van der Waals surface area (Å²) in [5, 5.41) is 0.574. The van der Waals surface area contributed by atoms with Gasteiger partial charge in [-0.2, -0.15) is 0 Å². The maximum Gasteiger partial charge on any atom is 0.126 e. The van der Waals surface area contributed by atoms with E-state index in [1.165, 1.54) is 24.3 Å². The Kier molecular flexibility index (Phi) is 5.60.